The van der Waals surface area contributed by atoms with Crippen molar-refractivity contribution < 1.29 is 9.53 Å². The number of carbonyl (C=O) groups is 1. The van der Waals surface area contributed by atoms with Gasteiger partial charge in [-0.2, -0.15) is 0 Å². The molecule has 1 aliphatic heterocycles. The number of rotatable bonds is 3. The number of nitrogens with zero attached hydrogens (tertiary/aromatic N) is 3. The Hall–Kier alpha value is -2.60. The van der Waals surface area contributed by atoms with E-state index >= 15 is 0 Å². The summed E-state index contributed by atoms with van der Waals surface area (Å²) in [6, 6.07) is 12.0. The van der Waals surface area contributed by atoms with E-state index in [-0.39, 0.29) is 12.1 Å². The SMILES string of the molecule is Cc1cc([C@H](N)c2ccccc2)cnc1N1CCN(C(=O)OC(C)(C)C)CC1. The van der Waals surface area contributed by atoms with Crippen molar-refractivity contribution >= 4 is 11.9 Å². The third-order valence-corrected chi connectivity index (χ3v) is 4.82. The first kappa shape index (κ1) is 20.1. The minimum atomic E-state index is -0.473. The molecule has 1 aromatic carbocycles. The van der Waals surface area contributed by atoms with Gasteiger partial charge in [0.15, 0.2) is 0 Å². The van der Waals surface area contributed by atoms with E-state index in [9.17, 15) is 4.79 Å². The second-order valence-electron chi connectivity index (χ2n) is 8.25. The number of hydrogen-bond donors (Lipinski definition) is 1. The van der Waals surface area contributed by atoms with E-state index in [1.807, 2.05) is 57.3 Å². The van der Waals surface area contributed by atoms with Crippen LogP contribution >= 0.6 is 0 Å². The first-order chi connectivity index (χ1) is 13.2. The molecule has 1 amide bonds. The number of aryl methyl sites for hydroxylation is 1. The lowest BCUT2D eigenvalue weighted by atomic mass is 10.00. The molecule has 0 unspecified atom stereocenters. The van der Waals surface area contributed by atoms with Crippen molar-refractivity contribution in [3.8, 4) is 0 Å². The summed E-state index contributed by atoms with van der Waals surface area (Å²) >= 11 is 0. The molecule has 6 nitrogen and oxygen atoms in total. The fraction of sp³-hybridized carbons (Fsp3) is 0.455. The van der Waals surface area contributed by atoms with Gasteiger partial charge in [0.1, 0.15) is 11.4 Å². The van der Waals surface area contributed by atoms with E-state index in [0.29, 0.717) is 13.1 Å². The second-order valence-corrected chi connectivity index (χ2v) is 8.25. The average Bonchev–Trinajstić information content (AvgIpc) is 2.67. The van der Waals surface area contributed by atoms with Crippen LogP contribution < -0.4 is 10.6 Å². The maximum absolute atomic E-state index is 12.2. The summed E-state index contributed by atoms with van der Waals surface area (Å²) in [5, 5.41) is 0. The van der Waals surface area contributed by atoms with Gasteiger partial charge in [0.2, 0.25) is 0 Å². The molecule has 2 heterocycles. The smallest absolute Gasteiger partial charge is 0.410 e. The van der Waals surface area contributed by atoms with Crippen LogP contribution in [0.25, 0.3) is 0 Å². The van der Waals surface area contributed by atoms with Crippen molar-refractivity contribution in [1.29, 1.82) is 0 Å². The molecule has 0 saturated carbocycles. The molecule has 1 atom stereocenters. The monoisotopic (exact) mass is 382 g/mol. The summed E-state index contributed by atoms with van der Waals surface area (Å²) in [5.41, 5.74) is 9.10. The molecule has 0 spiro atoms. The third kappa shape index (κ3) is 4.81. The van der Waals surface area contributed by atoms with Crippen LogP contribution in [0.15, 0.2) is 42.6 Å². The van der Waals surface area contributed by atoms with Gasteiger partial charge >= 0.3 is 6.09 Å². The minimum absolute atomic E-state index is 0.189. The number of anilines is 1. The van der Waals surface area contributed by atoms with Crippen LogP contribution in [0.1, 0.15) is 43.5 Å². The van der Waals surface area contributed by atoms with E-state index in [1.54, 1.807) is 4.90 Å². The van der Waals surface area contributed by atoms with Gasteiger partial charge in [0, 0.05) is 32.4 Å². The number of aromatic nitrogens is 1. The van der Waals surface area contributed by atoms with Crippen LogP contribution in [0.2, 0.25) is 0 Å². The molecule has 0 radical (unpaired) electrons. The van der Waals surface area contributed by atoms with Crippen molar-refractivity contribution in [2.24, 2.45) is 5.73 Å². The zero-order valence-corrected chi connectivity index (χ0v) is 17.2. The summed E-state index contributed by atoms with van der Waals surface area (Å²) in [6.07, 6.45) is 1.61. The lowest BCUT2D eigenvalue weighted by Gasteiger charge is -2.36. The molecule has 28 heavy (non-hydrogen) atoms. The fourth-order valence-corrected chi connectivity index (χ4v) is 3.37. The second kappa shape index (κ2) is 8.19. The van der Waals surface area contributed by atoms with E-state index in [0.717, 1.165) is 35.6 Å². The Kier molecular flexibility index (Phi) is 5.89. The topological polar surface area (TPSA) is 71.7 Å². The predicted octanol–water partition coefficient (Wildman–Crippen LogP) is 3.50. The Morgan fingerprint density at radius 1 is 1.11 bits per heavy atom. The number of amides is 1. The van der Waals surface area contributed by atoms with Crippen LogP contribution in [0.5, 0.6) is 0 Å². The number of benzene rings is 1. The highest BCUT2D eigenvalue weighted by Gasteiger charge is 2.27. The van der Waals surface area contributed by atoms with Crippen molar-refractivity contribution in [1.82, 2.24) is 9.88 Å². The highest BCUT2D eigenvalue weighted by molar-refractivity contribution is 5.68. The minimum Gasteiger partial charge on any atom is -0.444 e. The first-order valence-electron chi connectivity index (χ1n) is 9.74. The zero-order valence-electron chi connectivity index (χ0n) is 17.2. The highest BCUT2D eigenvalue weighted by Crippen LogP contribution is 2.25. The van der Waals surface area contributed by atoms with E-state index in [1.165, 1.54) is 0 Å². The van der Waals surface area contributed by atoms with Crippen LogP contribution in [0, 0.1) is 6.92 Å². The van der Waals surface area contributed by atoms with Crippen LogP contribution in [-0.4, -0.2) is 47.8 Å². The van der Waals surface area contributed by atoms with Crippen molar-refractivity contribution in [2.75, 3.05) is 31.1 Å². The molecular weight excluding hydrogens is 352 g/mol. The van der Waals surface area contributed by atoms with Gasteiger partial charge in [-0.1, -0.05) is 30.3 Å². The summed E-state index contributed by atoms with van der Waals surface area (Å²) in [5.74, 6) is 0.952. The molecule has 6 heteroatoms. The normalized spacial score (nSPS) is 16.0. The largest absolute Gasteiger partial charge is 0.444 e. The first-order valence-corrected chi connectivity index (χ1v) is 9.74. The van der Waals surface area contributed by atoms with Crippen molar-refractivity contribution in [3.05, 3.63) is 59.3 Å². The van der Waals surface area contributed by atoms with Gasteiger partial charge in [-0.3, -0.25) is 0 Å². The molecule has 0 aliphatic carbocycles. The van der Waals surface area contributed by atoms with E-state index < -0.39 is 5.60 Å². The molecule has 1 aliphatic rings. The van der Waals surface area contributed by atoms with Gasteiger partial charge in [-0.15, -0.1) is 0 Å². The molecular formula is C22H30N4O2. The fourth-order valence-electron chi connectivity index (χ4n) is 3.37. The Labute approximate surface area is 167 Å². The van der Waals surface area contributed by atoms with Gasteiger partial charge in [0.05, 0.1) is 6.04 Å². The van der Waals surface area contributed by atoms with Gasteiger partial charge < -0.3 is 20.3 Å². The van der Waals surface area contributed by atoms with Gasteiger partial charge in [0.25, 0.3) is 0 Å². The molecule has 150 valence electrons. The summed E-state index contributed by atoms with van der Waals surface area (Å²) < 4.78 is 5.46. The van der Waals surface area contributed by atoms with Gasteiger partial charge in [-0.25, -0.2) is 9.78 Å². The lowest BCUT2D eigenvalue weighted by Crippen LogP contribution is -2.50. The molecule has 1 fully saturated rings. The number of carbonyl (C=O) groups excluding carboxylic acids is 1. The molecule has 2 aromatic rings. The maximum Gasteiger partial charge on any atom is 0.410 e. The highest BCUT2D eigenvalue weighted by atomic mass is 16.6. The van der Waals surface area contributed by atoms with E-state index in [2.05, 4.69) is 22.9 Å². The van der Waals surface area contributed by atoms with Gasteiger partial charge in [-0.05, 0) is 50.5 Å². The van der Waals surface area contributed by atoms with Crippen molar-refractivity contribution in [3.63, 3.8) is 0 Å². The van der Waals surface area contributed by atoms with Crippen LogP contribution in [-0.2, 0) is 4.74 Å². The Balaban J connectivity index is 1.65. The maximum atomic E-state index is 12.2. The number of piperazine rings is 1. The third-order valence-electron chi connectivity index (χ3n) is 4.82. The predicted molar refractivity (Wildman–Crippen MR) is 111 cm³/mol. The number of ether oxygens (including phenoxy) is 1. The Morgan fingerprint density at radius 3 is 2.32 bits per heavy atom. The number of nitrogens with two attached hydrogens (primary N) is 1. The molecule has 0 bridgehead atoms. The molecule has 1 saturated heterocycles. The molecule has 2 N–H and O–H groups in total. The zero-order chi connectivity index (χ0) is 20.3. The molecule has 3 rings (SSSR count). The number of hydrogen-bond acceptors (Lipinski definition) is 5. The summed E-state index contributed by atoms with van der Waals surface area (Å²) in [7, 11) is 0. The van der Waals surface area contributed by atoms with Crippen molar-refractivity contribution in [2.45, 2.75) is 39.3 Å². The standard InChI is InChI=1S/C22H30N4O2/c1-16-14-18(19(23)17-8-6-5-7-9-17)15-24-20(16)25-10-12-26(13-11-25)21(27)28-22(2,3)4/h5-9,14-15,19H,10-13,23H2,1-4H3/t19-/m1/s1. The quantitative estimate of drug-likeness (QED) is 0.880. The number of pyridine rings is 1. The average molecular weight is 383 g/mol. The Morgan fingerprint density at radius 2 is 1.75 bits per heavy atom. The summed E-state index contributed by atoms with van der Waals surface area (Å²) in [6.45, 7) is 10.4. The summed E-state index contributed by atoms with van der Waals surface area (Å²) in [4.78, 5) is 20.9. The lowest BCUT2D eigenvalue weighted by molar-refractivity contribution is 0.0240. The Bertz CT molecular complexity index is 809. The van der Waals surface area contributed by atoms with Crippen LogP contribution in [0.3, 0.4) is 0 Å². The van der Waals surface area contributed by atoms with Crippen LogP contribution in [0.4, 0.5) is 10.6 Å². The molecule has 1 aromatic heterocycles. The van der Waals surface area contributed by atoms with E-state index in [4.69, 9.17) is 10.5 Å².